The van der Waals surface area contributed by atoms with Crippen LogP contribution in [0.5, 0.6) is 0 Å². The number of rotatable bonds is 0. The summed E-state index contributed by atoms with van der Waals surface area (Å²) in [5.74, 6) is 0. The Labute approximate surface area is 100 Å². The molecule has 0 N–H and O–H groups in total. The Morgan fingerprint density at radius 2 is 2.00 bits per heavy atom. The van der Waals surface area contributed by atoms with Crippen molar-refractivity contribution in [1.82, 2.24) is 4.98 Å². The molecule has 1 aromatic heterocycles. The van der Waals surface area contributed by atoms with Gasteiger partial charge in [-0.05, 0) is 34.5 Å². The monoisotopic (exact) mass is 289 g/mol. The van der Waals surface area contributed by atoms with Crippen LogP contribution in [0.2, 0.25) is 10.0 Å². The molecule has 0 aliphatic carbocycles. The number of benzene rings is 1. The smallest absolute Gasteiger partial charge is 0.0762 e. The molecule has 0 unspecified atom stereocenters. The minimum atomic E-state index is 0.615. The van der Waals surface area contributed by atoms with Crippen molar-refractivity contribution >= 4 is 50.0 Å². The number of hydrogen-bond acceptors (Lipinski definition) is 1. The van der Waals surface area contributed by atoms with E-state index in [1.54, 1.807) is 6.20 Å². The number of aromatic nitrogens is 1. The lowest BCUT2D eigenvalue weighted by molar-refractivity contribution is 1.35. The van der Waals surface area contributed by atoms with Crippen molar-refractivity contribution in [3.8, 4) is 0 Å². The number of hydrogen-bond donors (Lipinski definition) is 0. The van der Waals surface area contributed by atoms with Crippen molar-refractivity contribution in [2.24, 2.45) is 0 Å². The van der Waals surface area contributed by atoms with Gasteiger partial charge >= 0.3 is 0 Å². The normalized spacial score (nSPS) is 10.9. The molecule has 0 saturated heterocycles. The van der Waals surface area contributed by atoms with Gasteiger partial charge in [0.05, 0.1) is 20.0 Å². The highest BCUT2D eigenvalue weighted by atomic mass is 79.9. The van der Waals surface area contributed by atoms with Crippen LogP contribution in [0.4, 0.5) is 0 Å². The lowest BCUT2D eigenvalue weighted by atomic mass is 10.1. The van der Waals surface area contributed by atoms with Crippen LogP contribution in [0.3, 0.4) is 0 Å². The van der Waals surface area contributed by atoms with Gasteiger partial charge in [0.1, 0.15) is 0 Å². The Kier molecular flexibility index (Phi) is 2.69. The first-order valence-electron chi connectivity index (χ1n) is 4.00. The molecular weight excluding hydrogens is 285 g/mol. The molecule has 0 aliphatic heterocycles. The van der Waals surface area contributed by atoms with Gasteiger partial charge in [-0.1, -0.05) is 29.3 Å². The van der Waals surface area contributed by atoms with Crippen LogP contribution in [0.1, 0.15) is 5.56 Å². The van der Waals surface area contributed by atoms with Crippen molar-refractivity contribution in [3.05, 3.63) is 38.4 Å². The molecule has 0 radical (unpaired) electrons. The largest absolute Gasteiger partial charge is 0.255 e. The summed E-state index contributed by atoms with van der Waals surface area (Å²) in [5, 5.41) is 2.05. The van der Waals surface area contributed by atoms with Gasteiger partial charge in [-0.3, -0.25) is 4.98 Å². The van der Waals surface area contributed by atoms with E-state index in [-0.39, 0.29) is 0 Å². The van der Waals surface area contributed by atoms with Crippen molar-refractivity contribution in [2.75, 3.05) is 0 Å². The van der Waals surface area contributed by atoms with Gasteiger partial charge < -0.3 is 0 Å². The molecule has 0 fully saturated rings. The molecule has 2 aromatic rings. The molecule has 1 nitrogen and oxygen atoms in total. The average molecular weight is 291 g/mol. The quantitative estimate of drug-likeness (QED) is 0.690. The molecule has 14 heavy (non-hydrogen) atoms. The van der Waals surface area contributed by atoms with Crippen LogP contribution in [0.25, 0.3) is 10.9 Å². The van der Waals surface area contributed by atoms with E-state index < -0.39 is 0 Å². The molecule has 72 valence electrons. The molecule has 4 heteroatoms. The summed E-state index contributed by atoms with van der Waals surface area (Å²) in [4.78, 5) is 4.29. The number of halogens is 3. The fourth-order valence-corrected chi connectivity index (χ4v) is 2.18. The Morgan fingerprint density at radius 3 is 2.71 bits per heavy atom. The van der Waals surface area contributed by atoms with E-state index in [0.29, 0.717) is 10.0 Å². The number of nitrogens with zero attached hydrogens (tertiary/aromatic N) is 1. The lowest BCUT2D eigenvalue weighted by Gasteiger charge is -2.06. The molecule has 1 aromatic carbocycles. The highest BCUT2D eigenvalue weighted by molar-refractivity contribution is 9.10. The van der Waals surface area contributed by atoms with Gasteiger partial charge in [0, 0.05) is 11.6 Å². The standard InChI is InChI=1S/C10H6BrCl2N/c1-5-2-3-7(12)8-9(13)6(11)4-14-10(5)8/h2-4H,1H3. The van der Waals surface area contributed by atoms with Crippen molar-refractivity contribution in [2.45, 2.75) is 6.92 Å². The van der Waals surface area contributed by atoms with Gasteiger partial charge in [-0.2, -0.15) is 0 Å². The minimum Gasteiger partial charge on any atom is -0.255 e. The first-order chi connectivity index (χ1) is 6.61. The van der Waals surface area contributed by atoms with Crippen molar-refractivity contribution < 1.29 is 0 Å². The first-order valence-corrected chi connectivity index (χ1v) is 5.55. The fourth-order valence-electron chi connectivity index (χ4n) is 1.34. The molecule has 0 aliphatic rings. The second-order valence-electron chi connectivity index (χ2n) is 3.01. The highest BCUT2D eigenvalue weighted by Crippen LogP contribution is 2.35. The van der Waals surface area contributed by atoms with Gasteiger partial charge in [-0.15, -0.1) is 0 Å². The Bertz CT molecular complexity index is 511. The second kappa shape index (κ2) is 3.69. The van der Waals surface area contributed by atoms with Crippen LogP contribution < -0.4 is 0 Å². The summed E-state index contributed by atoms with van der Waals surface area (Å²) >= 11 is 15.5. The first kappa shape index (κ1) is 10.2. The van der Waals surface area contributed by atoms with Crippen molar-refractivity contribution in [1.29, 1.82) is 0 Å². The lowest BCUT2D eigenvalue weighted by Crippen LogP contribution is -1.86. The third-order valence-corrected chi connectivity index (χ3v) is 3.60. The Hall–Kier alpha value is -0.310. The third-order valence-electron chi connectivity index (χ3n) is 2.06. The Balaban J connectivity index is 3.01. The number of pyridine rings is 1. The Morgan fingerprint density at radius 1 is 1.29 bits per heavy atom. The summed E-state index contributed by atoms with van der Waals surface area (Å²) < 4.78 is 0.763. The molecule has 0 bridgehead atoms. The molecule has 0 atom stereocenters. The maximum atomic E-state index is 6.13. The number of aryl methyl sites for hydroxylation is 1. The zero-order valence-corrected chi connectivity index (χ0v) is 10.4. The van der Waals surface area contributed by atoms with Crippen LogP contribution >= 0.6 is 39.1 Å². The second-order valence-corrected chi connectivity index (χ2v) is 4.65. The molecule has 0 spiro atoms. The highest BCUT2D eigenvalue weighted by Gasteiger charge is 2.09. The van der Waals surface area contributed by atoms with E-state index >= 15 is 0 Å². The van der Waals surface area contributed by atoms with Crippen LogP contribution in [0.15, 0.2) is 22.8 Å². The zero-order valence-electron chi connectivity index (χ0n) is 7.31. The van der Waals surface area contributed by atoms with E-state index in [0.717, 1.165) is 20.9 Å². The van der Waals surface area contributed by atoms with Crippen LogP contribution in [0, 0.1) is 6.92 Å². The van der Waals surface area contributed by atoms with E-state index in [1.165, 1.54) is 0 Å². The summed E-state index contributed by atoms with van der Waals surface area (Å²) in [6.07, 6.45) is 1.69. The predicted molar refractivity (Wildman–Crippen MR) is 64.2 cm³/mol. The van der Waals surface area contributed by atoms with Gasteiger partial charge in [0.15, 0.2) is 0 Å². The third kappa shape index (κ3) is 1.52. The molecular formula is C10H6BrCl2N. The van der Waals surface area contributed by atoms with E-state index in [4.69, 9.17) is 23.2 Å². The maximum absolute atomic E-state index is 6.13. The van der Waals surface area contributed by atoms with Crippen LogP contribution in [-0.4, -0.2) is 4.98 Å². The minimum absolute atomic E-state index is 0.615. The van der Waals surface area contributed by atoms with Gasteiger partial charge in [0.2, 0.25) is 0 Å². The fraction of sp³-hybridized carbons (Fsp3) is 0.100. The summed E-state index contributed by atoms with van der Waals surface area (Å²) in [5.41, 5.74) is 1.92. The summed E-state index contributed by atoms with van der Waals surface area (Å²) in [6, 6.07) is 3.77. The molecule has 0 amide bonds. The van der Waals surface area contributed by atoms with Gasteiger partial charge in [-0.25, -0.2) is 0 Å². The average Bonchev–Trinajstić information content (AvgIpc) is 2.16. The van der Waals surface area contributed by atoms with E-state index in [1.807, 2.05) is 19.1 Å². The topological polar surface area (TPSA) is 12.9 Å². The predicted octanol–water partition coefficient (Wildman–Crippen LogP) is 4.61. The zero-order chi connectivity index (χ0) is 10.3. The number of fused-ring (bicyclic) bond motifs is 1. The van der Waals surface area contributed by atoms with E-state index in [9.17, 15) is 0 Å². The molecule has 2 rings (SSSR count). The van der Waals surface area contributed by atoms with Gasteiger partial charge in [0.25, 0.3) is 0 Å². The SMILES string of the molecule is Cc1ccc(Cl)c2c(Cl)c(Br)cnc12. The summed E-state index contributed by atoms with van der Waals surface area (Å²) in [7, 11) is 0. The maximum Gasteiger partial charge on any atom is 0.0762 e. The van der Waals surface area contributed by atoms with E-state index in [2.05, 4.69) is 20.9 Å². The molecule has 0 saturated carbocycles. The van der Waals surface area contributed by atoms with Crippen LogP contribution in [-0.2, 0) is 0 Å². The van der Waals surface area contributed by atoms with Crippen molar-refractivity contribution in [3.63, 3.8) is 0 Å². The summed E-state index contributed by atoms with van der Waals surface area (Å²) in [6.45, 7) is 1.98. The molecule has 1 heterocycles.